The SMILES string of the molecule is CCCCC1(c2ccccc2)NC(=O)N(CC(=O)N2CCc3ccccc3C2)C1=O. The summed E-state index contributed by atoms with van der Waals surface area (Å²) >= 11 is 0. The van der Waals surface area contributed by atoms with Crippen molar-refractivity contribution >= 4 is 17.8 Å². The summed E-state index contributed by atoms with van der Waals surface area (Å²) < 4.78 is 0. The number of urea groups is 1. The van der Waals surface area contributed by atoms with Gasteiger partial charge in [0, 0.05) is 13.1 Å². The predicted molar refractivity (Wildman–Crippen MR) is 113 cm³/mol. The molecular weight excluding hydrogens is 378 g/mol. The Morgan fingerprint density at radius 3 is 2.47 bits per heavy atom. The second-order valence-corrected chi connectivity index (χ2v) is 8.03. The van der Waals surface area contributed by atoms with Gasteiger partial charge in [-0.05, 0) is 29.5 Å². The number of nitrogens with zero attached hydrogens (tertiary/aromatic N) is 2. The smallest absolute Gasteiger partial charge is 0.325 e. The average molecular weight is 405 g/mol. The normalized spacial score (nSPS) is 20.8. The van der Waals surface area contributed by atoms with Crippen molar-refractivity contribution < 1.29 is 14.4 Å². The standard InChI is InChI=1S/C24H27N3O3/c1-2-3-14-24(20-11-5-4-6-12-20)22(29)27(23(30)25-24)17-21(28)26-15-13-18-9-7-8-10-19(18)16-26/h4-12H,2-3,13-17H2,1H3,(H,25,30). The fraction of sp³-hybridized carbons (Fsp3) is 0.375. The fourth-order valence-corrected chi connectivity index (χ4v) is 4.39. The van der Waals surface area contributed by atoms with Crippen molar-refractivity contribution in [1.29, 1.82) is 0 Å². The van der Waals surface area contributed by atoms with Gasteiger partial charge in [-0.25, -0.2) is 4.79 Å². The lowest BCUT2D eigenvalue weighted by Crippen LogP contribution is -2.46. The number of carbonyl (C=O) groups excluding carboxylic acids is 3. The highest BCUT2D eigenvalue weighted by Gasteiger charge is 2.52. The first-order chi connectivity index (χ1) is 14.5. The first-order valence-electron chi connectivity index (χ1n) is 10.6. The highest BCUT2D eigenvalue weighted by atomic mass is 16.2. The molecule has 4 rings (SSSR count). The Bertz CT molecular complexity index is 959. The van der Waals surface area contributed by atoms with Crippen LogP contribution in [0.2, 0.25) is 0 Å². The maximum Gasteiger partial charge on any atom is 0.325 e. The van der Waals surface area contributed by atoms with Crippen LogP contribution in [0.3, 0.4) is 0 Å². The van der Waals surface area contributed by atoms with Gasteiger partial charge in [0.15, 0.2) is 0 Å². The number of benzene rings is 2. The second kappa shape index (κ2) is 8.30. The molecule has 2 aliphatic rings. The zero-order valence-corrected chi connectivity index (χ0v) is 17.3. The number of carbonyl (C=O) groups is 3. The summed E-state index contributed by atoms with van der Waals surface area (Å²) in [6.45, 7) is 2.93. The van der Waals surface area contributed by atoms with Gasteiger partial charge in [0.1, 0.15) is 12.1 Å². The highest BCUT2D eigenvalue weighted by Crippen LogP contribution is 2.34. The lowest BCUT2D eigenvalue weighted by atomic mass is 9.85. The molecule has 30 heavy (non-hydrogen) atoms. The van der Waals surface area contributed by atoms with Gasteiger partial charge < -0.3 is 10.2 Å². The van der Waals surface area contributed by atoms with E-state index in [9.17, 15) is 14.4 Å². The summed E-state index contributed by atoms with van der Waals surface area (Å²) in [5, 5.41) is 2.91. The zero-order valence-electron chi connectivity index (χ0n) is 17.3. The maximum absolute atomic E-state index is 13.4. The number of imide groups is 1. The number of fused-ring (bicyclic) bond motifs is 1. The summed E-state index contributed by atoms with van der Waals surface area (Å²) in [6.07, 6.45) is 3.00. The highest BCUT2D eigenvalue weighted by molar-refractivity contribution is 6.09. The van der Waals surface area contributed by atoms with Crippen LogP contribution in [0.5, 0.6) is 0 Å². The van der Waals surface area contributed by atoms with E-state index in [1.54, 1.807) is 4.90 Å². The van der Waals surface area contributed by atoms with E-state index in [0.29, 0.717) is 19.5 Å². The molecule has 1 N–H and O–H groups in total. The minimum absolute atomic E-state index is 0.202. The molecule has 1 fully saturated rings. The molecule has 4 amide bonds. The Labute approximate surface area is 176 Å². The number of unbranched alkanes of at least 4 members (excludes halogenated alkanes) is 1. The third-order valence-electron chi connectivity index (χ3n) is 6.12. The molecule has 6 nitrogen and oxygen atoms in total. The molecule has 0 aliphatic carbocycles. The summed E-state index contributed by atoms with van der Waals surface area (Å²) in [4.78, 5) is 42.0. The molecule has 6 heteroatoms. The van der Waals surface area contributed by atoms with Crippen molar-refractivity contribution in [3.8, 4) is 0 Å². The molecule has 0 bridgehead atoms. The van der Waals surface area contributed by atoms with Crippen molar-refractivity contribution in [2.45, 2.75) is 44.7 Å². The number of amides is 4. The Kier molecular flexibility index (Phi) is 5.57. The van der Waals surface area contributed by atoms with Crippen LogP contribution >= 0.6 is 0 Å². The van der Waals surface area contributed by atoms with E-state index in [-0.39, 0.29) is 18.4 Å². The van der Waals surface area contributed by atoms with E-state index in [2.05, 4.69) is 18.3 Å². The van der Waals surface area contributed by atoms with Crippen LogP contribution in [0.4, 0.5) is 4.79 Å². The van der Waals surface area contributed by atoms with Crippen molar-refractivity contribution in [1.82, 2.24) is 15.1 Å². The summed E-state index contributed by atoms with van der Waals surface area (Å²) in [5.41, 5.74) is 2.04. The van der Waals surface area contributed by atoms with Gasteiger partial charge in [-0.1, -0.05) is 74.4 Å². The number of hydrogen-bond donors (Lipinski definition) is 1. The summed E-state index contributed by atoms with van der Waals surface area (Å²) in [6, 6.07) is 16.9. The van der Waals surface area contributed by atoms with Crippen LogP contribution in [-0.2, 0) is 28.1 Å². The monoisotopic (exact) mass is 405 g/mol. The fourth-order valence-electron chi connectivity index (χ4n) is 4.39. The molecular formula is C24H27N3O3. The van der Waals surface area contributed by atoms with Crippen LogP contribution in [-0.4, -0.2) is 40.7 Å². The van der Waals surface area contributed by atoms with Crippen LogP contribution < -0.4 is 5.32 Å². The molecule has 2 heterocycles. The van der Waals surface area contributed by atoms with Gasteiger partial charge in [0.05, 0.1) is 0 Å². The van der Waals surface area contributed by atoms with Crippen LogP contribution in [0.25, 0.3) is 0 Å². The quantitative estimate of drug-likeness (QED) is 0.751. The lowest BCUT2D eigenvalue weighted by molar-refractivity contribution is -0.139. The Morgan fingerprint density at radius 2 is 1.73 bits per heavy atom. The number of rotatable bonds is 6. The zero-order chi connectivity index (χ0) is 21.1. The second-order valence-electron chi connectivity index (χ2n) is 8.03. The molecule has 1 saturated heterocycles. The van der Waals surface area contributed by atoms with Gasteiger partial charge in [-0.2, -0.15) is 0 Å². The summed E-state index contributed by atoms with van der Waals surface area (Å²) in [7, 11) is 0. The first-order valence-corrected chi connectivity index (χ1v) is 10.6. The van der Waals surface area contributed by atoms with E-state index < -0.39 is 11.6 Å². The third-order valence-corrected chi connectivity index (χ3v) is 6.12. The van der Waals surface area contributed by atoms with E-state index in [1.807, 2.05) is 48.5 Å². The minimum atomic E-state index is -1.09. The molecule has 0 saturated carbocycles. The molecule has 1 atom stereocenters. The van der Waals surface area contributed by atoms with E-state index >= 15 is 0 Å². The lowest BCUT2D eigenvalue weighted by Gasteiger charge is -2.30. The molecule has 156 valence electrons. The summed E-state index contributed by atoms with van der Waals surface area (Å²) in [5.74, 6) is -0.537. The third kappa shape index (κ3) is 3.58. The molecule has 2 aromatic carbocycles. The van der Waals surface area contributed by atoms with E-state index in [4.69, 9.17) is 0 Å². The Balaban J connectivity index is 1.53. The molecule has 0 aromatic heterocycles. The first kappa shape index (κ1) is 20.1. The largest absolute Gasteiger partial charge is 0.336 e. The van der Waals surface area contributed by atoms with Gasteiger partial charge in [0.2, 0.25) is 5.91 Å². The maximum atomic E-state index is 13.4. The van der Waals surface area contributed by atoms with Crippen LogP contribution in [0.1, 0.15) is 42.9 Å². The van der Waals surface area contributed by atoms with Crippen molar-refractivity contribution in [2.75, 3.05) is 13.1 Å². The van der Waals surface area contributed by atoms with Crippen LogP contribution in [0.15, 0.2) is 54.6 Å². The van der Waals surface area contributed by atoms with Gasteiger partial charge in [-0.15, -0.1) is 0 Å². The minimum Gasteiger partial charge on any atom is -0.336 e. The van der Waals surface area contributed by atoms with Crippen molar-refractivity contribution in [3.05, 3.63) is 71.3 Å². The predicted octanol–water partition coefficient (Wildman–Crippen LogP) is 3.21. The van der Waals surface area contributed by atoms with E-state index in [1.165, 1.54) is 5.56 Å². The molecule has 1 unspecified atom stereocenters. The Morgan fingerprint density at radius 1 is 1.03 bits per heavy atom. The van der Waals surface area contributed by atoms with Gasteiger partial charge in [-0.3, -0.25) is 14.5 Å². The number of nitrogens with one attached hydrogen (secondary N) is 1. The molecule has 0 spiro atoms. The molecule has 2 aromatic rings. The van der Waals surface area contributed by atoms with Gasteiger partial charge >= 0.3 is 6.03 Å². The van der Waals surface area contributed by atoms with E-state index in [0.717, 1.165) is 35.3 Å². The van der Waals surface area contributed by atoms with Crippen molar-refractivity contribution in [2.24, 2.45) is 0 Å². The Hall–Kier alpha value is -3.15. The van der Waals surface area contributed by atoms with Gasteiger partial charge in [0.25, 0.3) is 5.91 Å². The molecule has 2 aliphatic heterocycles. The number of hydrogen-bond acceptors (Lipinski definition) is 3. The molecule has 0 radical (unpaired) electrons. The van der Waals surface area contributed by atoms with Crippen LogP contribution in [0, 0.1) is 0 Å². The average Bonchev–Trinajstić information content (AvgIpc) is 3.03. The van der Waals surface area contributed by atoms with Crippen molar-refractivity contribution in [3.63, 3.8) is 0 Å². The topological polar surface area (TPSA) is 69.7 Å².